The second-order valence-corrected chi connectivity index (χ2v) is 7.05. The van der Waals surface area contributed by atoms with Gasteiger partial charge in [0.15, 0.2) is 0 Å². The number of benzene rings is 3. The summed E-state index contributed by atoms with van der Waals surface area (Å²) in [6.07, 6.45) is 5.39. The van der Waals surface area contributed by atoms with Gasteiger partial charge in [0, 0.05) is 23.3 Å². The van der Waals surface area contributed by atoms with Crippen LogP contribution in [0.3, 0.4) is 0 Å². The van der Waals surface area contributed by atoms with Gasteiger partial charge in [0.1, 0.15) is 5.75 Å². The number of nitro groups is 1. The summed E-state index contributed by atoms with van der Waals surface area (Å²) < 4.78 is 5.29. The Kier molecular flexibility index (Phi) is 5.62. The standard InChI is InChI=1S/C25H20N2O4/c1-31-21-8-4-7-19(16-21)17-26-24-11-3-2-9-22(24)23(25(26)28)10-5-6-18-12-14-20(15-13-18)27(29)30/h2-16H,17H2,1H3/b6-5+,23-10+. The molecule has 1 aliphatic heterocycles. The van der Waals surface area contributed by atoms with E-state index in [0.29, 0.717) is 12.1 Å². The highest BCUT2D eigenvalue weighted by Gasteiger charge is 2.31. The van der Waals surface area contributed by atoms with Crippen molar-refractivity contribution < 1.29 is 14.5 Å². The molecule has 1 aliphatic rings. The van der Waals surface area contributed by atoms with Gasteiger partial charge in [-0.2, -0.15) is 0 Å². The van der Waals surface area contributed by atoms with Crippen LogP contribution in [0.25, 0.3) is 11.6 Å². The quantitative estimate of drug-likeness (QED) is 0.315. The summed E-state index contributed by atoms with van der Waals surface area (Å²) in [5, 5.41) is 10.8. The summed E-state index contributed by atoms with van der Waals surface area (Å²) in [5.41, 5.74) is 4.19. The highest BCUT2D eigenvalue weighted by atomic mass is 16.6. The first kappa shape index (κ1) is 20.1. The van der Waals surface area contributed by atoms with Crippen LogP contribution in [0, 0.1) is 10.1 Å². The van der Waals surface area contributed by atoms with Crippen molar-refractivity contribution in [3.05, 3.63) is 112 Å². The number of para-hydroxylation sites is 1. The second-order valence-electron chi connectivity index (χ2n) is 7.05. The molecule has 0 aromatic heterocycles. The molecule has 0 radical (unpaired) electrons. The van der Waals surface area contributed by atoms with Gasteiger partial charge in [0.05, 0.1) is 24.3 Å². The molecule has 3 aromatic carbocycles. The Morgan fingerprint density at radius 2 is 1.81 bits per heavy atom. The number of hydrogen-bond donors (Lipinski definition) is 0. The Hall–Kier alpha value is -4.19. The third-order valence-corrected chi connectivity index (χ3v) is 5.09. The lowest BCUT2D eigenvalue weighted by atomic mass is 10.1. The van der Waals surface area contributed by atoms with E-state index in [0.717, 1.165) is 28.1 Å². The zero-order chi connectivity index (χ0) is 21.8. The number of fused-ring (bicyclic) bond motifs is 1. The number of hydrogen-bond acceptors (Lipinski definition) is 4. The van der Waals surface area contributed by atoms with E-state index < -0.39 is 4.92 Å². The van der Waals surface area contributed by atoms with Gasteiger partial charge in [0.2, 0.25) is 0 Å². The molecule has 0 saturated carbocycles. The predicted molar refractivity (Wildman–Crippen MR) is 121 cm³/mol. The van der Waals surface area contributed by atoms with Crippen LogP contribution < -0.4 is 9.64 Å². The smallest absolute Gasteiger partial charge is 0.269 e. The lowest BCUT2D eigenvalue weighted by Gasteiger charge is -2.17. The molecule has 3 aromatic rings. The highest BCUT2D eigenvalue weighted by molar-refractivity contribution is 6.32. The maximum Gasteiger partial charge on any atom is 0.269 e. The third kappa shape index (κ3) is 4.23. The van der Waals surface area contributed by atoms with Crippen LogP contribution in [0.1, 0.15) is 16.7 Å². The zero-order valence-corrected chi connectivity index (χ0v) is 16.9. The number of carbonyl (C=O) groups is 1. The molecule has 0 unspecified atom stereocenters. The molecule has 1 heterocycles. The number of non-ortho nitro benzene ring substituents is 1. The monoisotopic (exact) mass is 412 g/mol. The van der Waals surface area contributed by atoms with E-state index in [9.17, 15) is 14.9 Å². The van der Waals surface area contributed by atoms with Gasteiger partial charge in [-0.1, -0.05) is 42.5 Å². The van der Waals surface area contributed by atoms with E-state index in [4.69, 9.17) is 4.74 Å². The van der Waals surface area contributed by atoms with Gasteiger partial charge in [-0.05, 0) is 47.5 Å². The highest BCUT2D eigenvalue weighted by Crippen LogP contribution is 2.37. The summed E-state index contributed by atoms with van der Waals surface area (Å²) in [6.45, 7) is 0.441. The van der Waals surface area contributed by atoms with Crippen molar-refractivity contribution in [3.63, 3.8) is 0 Å². The Bertz CT molecular complexity index is 1200. The van der Waals surface area contributed by atoms with Crippen LogP contribution in [-0.4, -0.2) is 17.9 Å². The van der Waals surface area contributed by atoms with Crippen LogP contribution in [0.5, 0.6) is 5.75 Å². The average Bonchev–Trinajstić information content (AvgIpc) is 3.05. The van der Waals surface area contributed by atoms with E-state index >= 15 is 0 Å². The maximum atomic E-state index is 13.2. The minimum atomic E-state index is -0.430. The summed E-state index contributed by atoms with van der Waals surface area (Å²) >= 11 is 0. The van der Waals surface area contributed by atoms with Crippen LogP contribution in [0.15, 0.2) is 84.9 Å². The number of carbonyl (C=O) groups excluding carboxylic acids is 1. The van der Waals surface area contributed by atoms with Crippen molar-refractivity contribution in [3.8, 4) is 5.75 Å². The fraction of sp³-hybridized carbons (Fsp3) is 0.0800. The topological polar surface area (TPSA) is 72.7 Å². The molecule has 4 rings (SSSR count). The van der Waals surface area contributed by atoms with Crippen molar-refractivity contribution in [1.29, 1.82) is 0 Å². The number of nitrogens with zero attached hydrogens (tertiary/aromatic N) is 2. The number of methoxy groups -OCH3 is 1. The van der Waals surface area contributed by atoms with E-state index in [-0.39, 0.29) is 11.6 Å². The molecule has 31 heavy (non-hydrogen) atoms. The van der Waals surface area contributed by atoms with Gasteiger partial charge < -0.3 is 9.64 Å². The lowest BCUT2D eigenvalue weighted by Crippen LogP contribution is -2.25. The number of anilines is 1. The molecular weight excluding hydrogens is 392 g/mol. The summed E-state index contributed by atoms with van der Waals surface area (Å²) in [4.78, 5) is 25.3. The van der Waals surface area contributed by atoms with Crippen molar-refractivity contribution in [2.75, 3.05) is 12.0 Å². The van der Waals surface area contributed by atoms with Gasteiger partial charge in [-0.25, -0.2) is 0 Å². The average molecular weight is 412 g/mol. The summed E-state index contributed by atoms with van der Waals surface area (Å²) in [5.74, 6) is 0.677. The normalized spacial score (nSPS) is 14.3. The van der Waals surface area contributed by atoms with E-state index in [1.165, 1.54) is 12.1 Å². The molecule has 0 N–H and O–H groups in total. The van der Waals surface area contributed by atoms with Crippen LogP contribution in [0.2, 0.25) is 0 Å². The first-order valence-corrected chi connectivity index (χ1v) is 9.74. The zero-order valence-electron chi connectivity index (χ0n) is 16.9. The number of allylic oxidation sites excluding steroid dienone is 2. The SMILES string of the molecule is COc1cccc(CN2C(=O)/C(=C/C=C/c3ccc([N+](=O)[O-])cc3)c3ccccc32)c1. The van der Waals surface area contributed by atoms with Crippen molar-refractivity contribution in [2.24, 2.45) is 0 Å². The summed E-state index contributed by atoms with van der Waals surface area (Å²) in [7, 11) is 1.62. The molecular formula is C25H20N2O4. The Morgan fingerprint density at radius 1 is 1.03 bits per heavy atom. The van der Waals surface area contributed by atoms with Crippen LogP contribution in [-0.2, 0) is 11.3 Å². The van der Waals surface area contributed by atoms with Crippen molar-refractivity contribution in [1.82, 2.24) is 0 Å². The fourth-order valence-corrected chi connectivity index (χ4v) is 3.54. The van der Waals surface area contributed by atoms with Crippen molar-refractivity contribution >= 4 is 28.9 Å². The minimum Gasteiger partial charge on any atom is -0.497 e. The third-order valence-electron chi connectivity index (χ3n) is 5.09. The molecule has 0 spiro atoms. The van der Waals surface area contributed by atoms with Crippen LogP contribution >= 0.6 is 0 Å². The van der Waals surface area contributed by atoms with Crippen molar-refractivity contribution in [2.45, 2.75) is 6.54 Å². The lowest BCUT2D eigenvalue weighted by molar-refractivity contribution is -0.384. The minimum absolute atomic E-state index is 0.0450. The number of rotatable bonds is 6. The number of nitro benzene ring substituents is 1. The first-order chi connectivity index (χ1) is 15.1. The molecule has 0 saturated heterocycles. The molecule has 154 valence electrons. The molecule has 0 aliphatic carbocycles. The fourth-order valence-electron chi connectivity index (χ4n) is 3.54. The van der Waals surface area contributed by atoms with Gasteiger partial charge >= 0.3 is 0 Å². The van der Waals surface area contributed by atoms with Crippen LogP contribution in [0.4, 0.5) is 11.4 Å². The molecule has 1 amide bonds. The molecule has 0 atom stereocenters. The van der Waals surface area contributed by atoms with E-state index in [1.807, 2.05) is 54.6 Å². The largest absolute Gasteiger partial charge is 0.497 e. The Morgan fingerprint density at radius 3 is 2.55 bits per heavy atom. The maximum absolute atomic E-state index is 13.2. The van der Waals surface area contributed by atoms with Gasteiger partial charge in [-0.15, -0.1) is 0 Å². The van der Waals surface area contributed by atoms with Gasteiger partial charge in [0.25, 0.3) is 11.6 Å². The van der Waals surface area contributed by atoms with E-state index in [2.05, 4.69) is 0 Å². The molecule has 6 nitrogen and oxygen atoms in total. The predicted octanol–water partition coefficient (Wildman–Crippen LogP) is 5.25. The number of ether oxygens (including phenoxy) is 1. The molecule has 6 heteroatoms. The van der Waals surface area contributed by atoms with E-state index in [1.54, 1.807) is 36.3 Å². The summed E-state index contributed by atoms with van der Waals surface area (Å²) in [6, 6.07) is 21.6. The number of amides is 1. The van der Waals surface area contributed by atoms with Gasteiger partial charge in [-0.3, -0.25) is 14.9 Å². The molecule has 0 fully saturated rings. The second kappa shape index (κ2) is 8.67. The Balaban J connectivity index is 1.59. The first-order valence-electron chi connectivity index (χ1n) is 9.74. The molecule has 0 bridgehead atoms. The Labute approximate surface area is 179 Å².